The molecule has 0 fully saturated rings. The summed E-state index contributed by atoms with van der Waals surface area (Å²) in [6, 6.07) is 0. The average molecular weight is 156 g/mol. The SMILES string of the molecule is CCNC(=O)c1cncs1. The van der Waals surface area contributed by atoms with Gasteiger partial charge in [-0.1, -0.05) is 0 Å². The maximum absolute atomic E-state index is 11.0. The molecule has 4 heteroatoms. The van der Waals surface area contributed by atoms with E-state index in [1.54, 1.807) is 11.7 Å². The summed E-state index contributed by atoms with van der Waals surface area (Å²) in [7, 11) is 0. The molecular weight excluding hydrogens is 148 g/mol. The van der Waals surface area contributed by atoms with Gasteiger partial charge in [-0.25, -0.2) is 0 Å². The molecular formula is C6H8N2OS. The maximum Gasteiger partial charge on any atom is 0.262 e. The van der Waals surface area contributed by atoms with E-state index in [0.29, 0.717) is 11.4 Å². The van der Waals surface area contributed by atoms with Crippen molar-refractivity contribution in [3.05, 3.63) is 16.6 Å². The van der Waals surface area contributed by atoms with Crippen LogP contribution in [0.5, 0.6) is 0 Å². The van der Waals surface area contributed by atoms with Crippen LogP contribution in [0.25, 0.3) is 0 Å². The molecule has 1 aromatic rings. The molecule has 0 aliphatic carbocycles. The van der Waals surface area contributed by atoms with Gasteiger partial charge in [-0.3, -0.25) is 9.78 Å². The minimum Gasteiger partial charge on any atom is -0.352 e. The van der Waals surface area contributed by atoms with E-state index >= 15 is 0 Å². The van der Waals surface area contributed by atoms with Crippen molar-refractivity contribution in [3.8, 4) is 0 Å². The van der Waals surface area contributed by atoms with Crippen LogP contribution < -0.4 is 5.32 Å². The largest absolute Gasteiger partial charge is 0.352 e. The number of rotatable bonds is 2. The monoisotopic (exact) mass is 156 g/mol. The van der Waals surface area contributed by atoms with Crippen molar-refractivity contribution in [1.29, 1.82) is 0 Å². The topological polar surface area (TPSA) is 42.0 Å². The fourth-order valence-electron chi connectivity index (χ4n) is 0.576. The second kappa shape index (κ2) is 3.31. The zero-order valence-corrected chi connectivity index (χ0v) is 6.44. The van der Waals surface area contributed by atoms with Crippen LogP contribution in [0.3, 0.4) is 0 Å². The van der Waals surface area contributed by atoms with E-state index in [4.69, 9.17) is 0 Å². The molecule has 0 atom stereocenters. The van der Waals surface area contributed by atoms with Crippen LogP contribution in [-0.4, -0.2) is 17.4 Å². The van der Waals surface area contributed by atoms with Crippen LogP contribution >= 0.6 is 11.3 Å². The van der Waals surface area contributed by atoms with E-state index in [9.17, 15) is 4.79 Å². The Bertz CT molecular complexity index is 208. The van der Waals surface area contributed by atoms with E-state index < -0.39 is 0 Å². The summed E-state index contributed by atoms with van der Waals surface area (Å²) < 4.78 is 0. The van der Waals surface area contributed by atoms with Crippen molar-refractivity contribution in [2.75, 3.05) is 6.54 Å². The minimum absolute atomic E-state index is 0.0370. The van der Waals surface area contributed by atoms with Gasteiger partial charge in [0.15, 0.2) is 0 Å². The summed E-state index contributed by atoms with van der Waals surface area (Å²) in [6.07, 6.45) is 1.57. The highest BCUT2D eigenvalue weighted by Gasteiger charge is 2.03. The number of carbonyl (C=O) groups excluding carboxylic acids is 1. The van der Waals surface area contributed by atoms with Gasteiger partial charge in [-0.2, -0.15) is 0 Å². The Morgan fingerprint density at radius 3 is 3.20 bits per heavy atom. The standard InChI is InChI=1S/C6H8N2OS/c1-2-8-6(9)5-3-7-4-10-5/h3-4H,2H2,1H3,(H,8,9). The highest BCUT2D eigenvalue weighted by Crippen LogP contribution is 2.03. The lowest BCUT2D eigenvalue weighted by atomic mass is 10.5. The number of hydrogen-bond donors (Lipinski definition) is 1. The molecule has 1 amide bonds. The second-order valence-electron chi connectivity index (χ2n) is 1.73. The lowest BCUT2D eigenvalue weighted by Crippen LogP contribution is -2.21. The van der Waals surface area contributed by atoms with E-state index in [1.165, 1.54) is 11.3 Å². The molecule has 1 aromatic heterocycles. The second-order valence-corrected chi connectivity index (χ2v) is 2.61. The number of thiazole rings is 1. The van der Waals surface area contributed by atoms with Crippen LogP contribution in [0.15, 0.2) is 11.7 Å². The summed E-state index contributed by atoms with van der Waals surface area (Å²) >= 11 is 1.35. The number of hydrogen-bond acceptors (Lipinski definition) is 3. The minimum atomic E-state index is -0.0370. The highest BCUT2D eigenvalue weighted by molar-refractivity contribution is 7.11. The summed E-state index contributed by atoms with van der Waals surface area (Å²) in [5.74, 6) is -0.0370. The molecule has 3 nitrogen and oxygen atoms in total. The molecule has 0 saturated carbocycles. The van der Waals surface area contributed by atoms with Crippen molar-refractivity contribution < 1.29 is 4.79 Å². The van der Waals surface area contributed by atoms with Gasteiger partial charge in [-0.15, -0.1) is 11.3 Å². The Morgan fingerprint density at radius 1 is 1.90 bits per heavy atom. The van der Waals surface area contributed by atoms with Gasteiger partial charge in [0.1, 0.15) is 4.88 Å². The van der Waals surface area contributed by atoms with Crippen LogP contribution in [0.1, 0.15) is 16.6 Å². The maximum atomic E-state index is 11.0. The first-order valence-corrected chi connectivity index (χ1v) is 3.89. The summed E-state index contributed by atoms with van der Waals surface area (Å²) in [5, 5.41) is 2.68. The first kappa shape index (κ1) is 7.21. The number of carbonyl (C=O) groups is 1. The van der Waals surface area contributed by atoms with Gasteiger partial charge in [0.25, 0.3) is 5.91 Å². The predicted octanol–water partition coefficient (Wildman–Crippen LogP) is 0.893. The zero-order chi connectivity index (χ0) is 7.40. The molecule has 0 aliphatic rings. The zero-order valence-electron chi connectivity index (χ0n) is 5.63. The predicted molar refractivity (Wildman–Crippen MR) is 40.1 cm³/mol. The van der Waals surface area contributed by atoms with E-state index in [2.05, 4.69) is 10.3 Å². The molecule has 54 valence electrons. The fraction of sp³-hybridized carbons (Fsp3) is 0.333. The molecule has 1 rings (SSSR count). The molecule has 0 spiro atoms. The van der Waals surface area contributed by atoms with Crippen molar-refractivity contribution in [3.63, 3.8) is 0 Å². The van der Waals surface area contributed by atoms with Crippen molar-refractivity contribution in [2.24, 2.45) is 0 Å². The molecule has 0 saturated heterocycles. The summed E-state index contributed by atoms with van der Waals surface area (Å²) in [5.41, 5.74) is 1.64. The van der Waals surface area contributed by atoms with Crippen LogP contribution in [0.4, 0.5) is 0 Å². The Hall–Kier alpha value is -0.900. The number of nitrogens with zero attached hydrogens (tertiary/aromatic N) is 1. The van der Waals surface area contributed by atoms with Gasteiger partial charge in [0.05, 0.1) is 11.7 Å². The molecule has 0 unspecified atom stereocenters. The first-order valence-electron chi connectivity index (χ1n) is 3.01. The van der Waals surface area contributed by atoms with E-state index in [0.717, 1.165) is 0 Å². The number of aromatic nitrogens is 1. The Kier molecular flexibility index (Phi) is 2.39. The molecule has 0 bridgehead atoms. The normalized spacial score (nSPS) is 9.30. The smallest absolute Gasteiger partial charge is 0.262 e. The van der Waals surface area contributed by atoms with Gasteiger partial charge in [0.2, 0.25) is 0 Å². The third-order valence-electron chi connectivity index (χ3n) is 0.993. The first-order chi connectivity index (χ1) is 4.84. The van der Waals surface area contributed by atoms with Crippen molar-refractivity contribution in [1.82, 2.24) is 10.3 Å². The average Bonchev–Trinajstić information content (AvgIpc) is 2.38. The van der Waals surface area contributed by atoms with Gasteiger partial charge < -0.3 is 5.32 Å². The Balaban J connectivity index is 2.59. The lowest BCUT2D eigenvalue weighted by molar-refractivity contribution is 0.0959. The van der Waals surface area contributed by atoms with E-state index in [-0.39, 0.29) is 5.91 Å². The lowest BCUT2D eigenvalue weighted by Gasteiger charge is -1.95. The van der Waals surface area contributed by atoms with Crippen LogP contribution in [-0.2, 0) is 0 Å². The van der Waals surface area contributed by atoms with Gasteiger partial charge in [0, 0.05) is 6.54 Å². The van der Waals surface area contributed by atoms with Crippen molar-refractivity contribution >= 4 is 17.2 Å². The van der Waals surface area contributed by atoms with Gasteiger partial charge >= 0.3 is 0 Å². The molecule has 0 aromatic carbocycles. The Labute approximate surface area is 63.1 Å². The third kappa shape index (κ3) is 1.54. The Morgan fingerprint density at radius 2 is 2.70 bits per heavy atom. The quantitative estimate of drug-likeness (QED) is 0.691. The molecule has 0 aliphatic heterocycles. The van der Waals surface area contributed by atoms with E-state index in [1.807, 2.05) is 6.92 Å². The molecule has 1 heterocycles. The van der Waals surface area contributed by atoms with Crippen LogP contribution in [0, 0.1) is 0 Å². The number of amides is 1. The fourth-order valence-corrected chi connectivity index (χ4v) is 1.11. The summed E-state index contributed by atoms with van der Waals surface area (Å²) in [4.78, 5) is 15.4. The third-order valence-corrected chi connectivity index (χ3v) is 1.77. The molecule has 10 heavy (non-hydrogen) atoms. The van der Waals surface area contributed by atoms with Crippen molar-refractivity contribution in [2.45, 2.75) is 6.92 Å². The molecule has 1 N–H and O–H groups in total. The summed E-state index contributed by atoms with van der Waals surface area (Å²) in [6.45, 7) is 2.55. The van der Waals surface area contributed by atoms with Crippen LogP contribution in [0.2, 0.25) is 0 Å². The van der Waals surface area contributed by atoms with Gasteiger partial charge in [-0.05, 0) is 6.92 Å². The number of nitrogens with one attached hydrogen (secondary N) is 1. The molecule has 0 radical (unpaired) electrons. The highest BCUT2D eigenvalue weighted by atomic mass is 32.1.